The van der Waals surface area contributed by atoms with Gasteiger partial charge >= 0.3 is 0 Å². The molecule has 0 unspecified atom stereocenters. The van der Waals surface area contributed by atoms with Crippen molar-refractivity contribution in [2.75, 3.05) is 17.6 Å². The van der Waals surface area contributed by atoms with Gasteiger partial charge in [-0.15, -0.1) is 10.2 Å². The summed E-state index contributed by atoms with van der Waals surface area (Å²) in [6.45, 7) is 2.88. The summed E-state index contributed by atoms with van der Waals surface area (Å²) in [6, 6.07) is 2.09. The van der Waals surface area contributed by atoms with Crippen molar-refractivity contribution in [3.63, 3.8) is 0 Å². The Morgan fingerprint density at radius 1 is 1.62 bits per heavy atom. The van der Waals surface area contributed by atoms with Gasteiger partial charge in [0.05, 0.1) is 6.07 Å². The highest BCUT2D eigenvalue weighted by Crippen LogP contribution is 2.25. The van der Waals surface area contributed by atoms with Crippen LogP contribution in [0.25, 0.3) is 0 Å². The zero-order valence-electron chi connectivity index (χ0n) is 7.28. The largest absolute Gasteiger partial charge is 0.360 e. The molecular formula is C7H10N4S2. The van der Waals surface area contributed by atoms with Gasteiger partial charge in [0.25, 0.3) is 0 Å². The molecule has 0 saturated heterocycles. The molecule has 0 aliphatic heterocycles. The highest BCUT2D eigenvalue weighted by Gasteiger charge is 2.02. The van der Waals surface area contributed by atoms with Crippen LogP contribution in [0.3, 0.4) is 0 Å². The first-order chi connectivity index (χ1) is 6.36. The van der Waals surface area contributed by atoms with Crippen molar-refractivity contribution < 1.29 is 0 Å². The van der Waals surface area contributed by atoms with E-state index in [1.807, 2.05) is 6.92 Å². The number of nitriles is 1. The Labute approximate surface area is 85.4 Å². The van der Waals surface area contributed by atoms with Gasteiger partial charge in [-0.3, -0.25) is 0 Å². The van der Waals surface area contributed by atoms with E-state index in [4.69, 9.17) is 5.26 Å². The molecule has 0 bridgehead atoms. The maximum atomic E-state index is 8.33. The average Bonchev–Trinajstić information content (AvgIpc) is 2.54. The van der Waals surface area contributed by atoms with Gasteiger partial charge in [0.15, 0.2) is 4.34 Å². The van der Waals surface area contributed by atoms with E-state index in [9.17, 15) is 0 Å². The van der Waals surface area contributed by atoms with E-state index in [0.29, 0.717) is 6.42 Å². The highest BCUT2D eigenvalue weighted by atomic mass is 32.2. The van der Waals surface area contributed by atoms with Crippen LogP contribution in [0.4, 0.5) is 5.13 Å². The van der Waals surface area contributed by atoms with Gasteiger partial charge in [-0.25, -0.2) is 0 Å². The number of hydrogen-bond donors (Lipinski definition) is 1. The average molecular weight is 214 g/mol. The third kappa shape index (κ3) is 3.61. The van der Waals surface area contributed by atoms with Crippen LogP contribution in [0.2, 0.25) is 0 Å². The fourth-order valence-corrected chi connectivity index (χ4v) is 2.41. The fourth-order valence-electron chi connectivity index (χ4n) is 0.675. The lowest BCUT2D eigenvalue weighted by molar-refractivity contribution is 1.00. The zero-order chi connectivity index (χ0) is 9.52. The molecule has 0 atom stereocenters. The summed E-state index contributed by atoms with van der Waals surface area (Å²) in [5.41, 5.74) is 0. The van der Waals surface area contributed by atoms with Crippen LogP contribution in [0, 0.1) is 11.3 Å². The van der Waals surface area contributed by atoms with Gasteiger partial charge in [-0.2, -0.15) is 5.26 Å². The fraction of sp³-hybridized carbons (Fsp3) is 0.571. The van der Waals surface area contributed by atoms with E-state index < -0.39 is 0 Å². The van der Waals surface area contributed by atoms with Crippen molar-refractivity contribution in [3.8, 4) is 6.07 Å². The number of nitrogens with zero attached hydrogens (tertiary/aromatic N) is 3. The molecule has 6 heteroatoms. The summed E-state index contributed by atoms with van der Waals surface area (Å²) in [5, 5.41) is 20.2. The lowest BCUT2D eigenvalue weighted by atomic mass is 10.6. The lowest BCUT2D eigenvalue weighted by Gasteiger charge is -1.91. The maximum Gasteiger partial charge on any atom is 0.206 e. The van der Waals surface area contributed by atoms with Crippen LogP contribution in [0.1, 0.15) is 13.3 Å². The van der Waals surface area contributed by atoms with E-state index in [0.717, 1.165) is 21.8 Å². The van der Waals surface area contributed by atoms with Crippen LogP contribution < -0.4 is 5.32 Å². The van der Waals surface area contributed by atoms with Gasteiger partial charge in [0.2, 0.25) is 5.13 Å². The van der Waals surface area contributed by atoms with Crippen LogP contribution in [-0.4, -0.2) is 22.5 Å². The summed E-state index contributed by atoms with van der Waals surface area (Å²) in [7, 11) is 0. The monoisotopic (exact) mass is 214 g/mol. The molecule has 0 saturated carbocycles. The molecule has 0 aromatic carbocycles. The molecule has 1 aromatic heterocycles. The number of thioether (sulfide) groups is 1. The molecule has 0 fully saturated rings. The second-order valence-electron chi connectivity index (χ2n) is 2.16. The first-order valence-corrected chi connectivity index (χ1v) is 5.74. The minimum Gasteiger partial charge on any atom is -0.360 e. The smallest absolute Gasteiger partial charge is 0.206 e. The molecule has 1 rings (SSSR count). The van der Waals surface area contributed by atoms with Gasteiger partial charge in [0.1, 0.15) is 0 Å². The van der Waals surface area contributed by atoms with Crippen molar-refractivity contribution in [3.05, 3.63) is 0 Å². The second-order valence-corrected chi connectivity index (χ2v) is 4.48. The van der Waals surface area contributed by atoms with E-state index in [1.54, 1.807) is 11.8 Å². The Bertz CT molecular complexity index is 291. The molecule has 0 radical (unpaired) electrons. The predicted molar refractivity (Wildman–Crippen MR) is 55.0 cm³/mol. The predicted octanol–water partition coefficient (Wildman–Crippen LogP) is 1.98. The Kier molecular flexibility index (Phi) is 4.57. The Morgan fingerprint density at radius 2 is 2.46 bits per heavy atom. The molecule has 1 heterocycles. The minimum atomic E-state index is 0.556. The van der Waals surface area contributed by atoms with Gasteiger partial charge < -0.3 is 5.32 Å². The zero-order valence-corrected chi connectivity index (χ0v) is 8.91. The molecule has 70 valence electrons. The standard InChI is InChI=1S/C7H10N4S2/c1-2-9-6-10-11-7(13-6)12-5-3-4-8/h2-3,5H2,1H3,(H,9,10). The van der Waals surface area contributed by atoms with E-state index >= 15 is 0 Å². The first-order valence-electron chi connectivity index (χ1n) is 3.94. The SMILES string of the molecule is CCNc1nnc(SCCC#N)s1. The summed E-state index contributed by atoms with van der Waals surface area (Å²) < 4.78 is 0.922. The maximum absolute atomic E-state index is 8.33. The van der Waals surface area contributed by atoms with E-state index in [2.05, 4.69) is 21.6 Å². The molecule has 0 aliphatic rings. The Balaban J connectivity index is 2.36. The quantitative estimate of drug-likeness (QED) is 0.600. The number of aromatic nitrogens is 2. The van der Waals surface area contributed by atoms with Crippen molar-refractivity contribution in [2.45, 2.75) is 17.7 Å². The van der Waals surface area contributed by atoms with Crippen LogP contribution >= 0.6 is 23.1 Å². The van der Waals surface area contributed by atoms with Crippen molar-refractivity contribution >= 4 is 28.2 Å². The van der Waals surface area contributed by atoms with Gasteiger partial charge in [-0.1, -0.05) is 23.1 Å². The summed E-state index contributed by atoms with van der Waals surface area (Å²) in [4.78, 5) is 0. The summed E-state index contributed by atoms with van der Waals surface area (Å²) >= 11 is 3.10. The van der Waals surface area contributed by atoms with Crippen LogP contribution in [-0.2, 0) is 0 Å². The normalized spacial score (nSPS) is 9.54. The van der Waals surface area contributed by atoms with Crippen LogP contribution in [0.15, 0.2) is 4.34 Å². The molecule has 13 heavy (non-hydrogen) atoms. The Morgan fingerprint density at radius 3 is 3.15 bits per heavy atom. The molecule has 1 aromatic rings. The topological polar surface area (TPSA) is 61.6 Å². The third-order valence-electron chi connectivity index (χ3n) is 1.17. The molecule has 1 N–H and O–H groups in total. The van der Waals surface area contributed by atoms with Crippen molar-refractivity contribution in [1.29, 1.82) is 5.26 Å². The second kappa shape index (κ2) is 5.78. The van der Waals surface area contributed by atoms with Crippen LogP contribution in [0.5, 0.6) is 0 Å². The first kappa shape index (κ1) is 10.3. The number of hydrogen-bond acceptors (Lipinski definition) is 6. The molecule has 4 nitrogen and oxygen atoms in total. The summed E-state index contributed by atoms with van der Waals surface area (Å²) in [5.74, 6) is 0.789. The lowest BCUT2D eigenvalue weighted by Crippen LogP contribution is -1.94. The molecule has 0 amide bonds. The van der Waals surface area contributed by atoms with Crippen molar-refractivity contribution in [2.24, 2.45) is 0 Å². The molecule has 0 aliphatic carbocycles. The van der Waals surface area contributed by atoms with Gasteiger partial charge in [0, 0.05) is 18.7 Å². The van der Waals surface area contributed by atoms with Gasteiger partial charge in [-0.05, 0) is 6.92 Å². The summed E-state index contributed by atoms with van der Waals surface area (Å²) in [6.07, 6.45) is 0.556. The third-order valence-corrected chi connectivity index (χ3v) is 3.19. The Hall–Kier alpha value is -0.800. The highest BCUT2D eigenvalue weighted by molar-refractivity contribution is 8.01. The number of nitrogens with one attached hydrogen (secondary N) is 1. The number of anilines is 1. The molecule has 0 spiro atoms. The molecular weight excluding hydrogens is 204 g/mol. The van der Waals surface area contributed by atoms with E-state index in [-0.39, 0.29) is 0 Å². The number of rotatable bonds is 5. The van der Waals surface area contributed by atoms with E-state index in [1.165, 1.54) is 11.3 Å². The minimum absolute atomic E-state index is 0.556. The van der Waals surface area contributed by atoms with Crippen molar-refractivity contribution in [1.82, 2.24) is 10.2 Å².